The molecular weight excluding hydrogens is 379 g/mol. The van der Waals surface area contributed by atoms with Crippen LogP contribution >= 0.6 is 23.2 Å². The minimum atomic E-state index is -3.71. The molecule has 1 amide bonds. The summed E-state index contributed by atoms with van der Waals surface area (Å²) >= 11 is 11.7. The maximum Gasteiger partial charge on any atom is 0.280 e. The topological polar surface area (TPSA) is 100 Å². The van der Waals surface area contributed by atoms with Gasteiger partial charge in [-0.25, -0.2) is 5.43 Å². The van der Waals surface area contributed by atoms with Crippen molar-refractivity contribution in [3.63, 3.8) is 0 Å². The molecule has 1 aromatic rings. The monoisotopic (exact) mass is 394 g/mol. The standard InChI is InChI=1S/C13H16Cl2N4O4S/c14-11-2-1-10(12(15)7-11)8-16-18-13(20)9-17-24(21,22)19-3-5-23-6-4-19/h1-2,7-8,17H,3-6,9H2,(H,18,20)/b16-8-. The molecule has 2 N–H and O–H groups in total. The predicted molar refractivity (Wildman–Crippen MR) is 91.5 cm³/mol. The Morgan fingerprint density at radius 3 is 2.71 bits per heavy atom. The third-order valence-electron chi connectivity index (χ3n) is 3.08. The van der Waals surface area contributed by atoms with Crippen molar-refractivity contribution in [1.29, 1.82) is 0 Å². The van der Waals surface area contributed by atoms with Crippen LogP contribution in [0.15, 0.2) is 23.3 Å². The second kappa shape index (κ2) is 8.75. The molecule has 0 aliphatic carbocycles. The van der Waals surface area contributed by atoms with E-state index in [9.17, 15) is 13.2 Å². The van der Waals surface area contributed by atoms with Gasteiger partial charge in [0.05, 0.1) is 31.0 Å². The van der Waals surface area contributed by atoms with E-state index in [4.69, 9.17) is 27.9 Å². The molecule has 0 radical (unpaired) electrons. The van der Waals surface area contributed by atoms with Crippen molar-refractivity contribution in [2.24, 2.45) is 5.10 Å². The highest BCUT2D eigenvalue weighted by atomic mass is 35.5. The van der Waals surface area contributed by atoms with E-state index >= 15 is 0 Å². The first-order valence-electron chi connectivity index (χ1n) is 6.98. The van der Waals surface area contributed by atoms with Crippen LogP contribution in [0.4, 0.5) is 0 Å². The fourth-order valence-electron chi connectivity index (χ4n) is 1.85. The van der Waals surface area contributed by atoms with Gasteiger partial charge in [-0.05, 0) is 12.1 Å². The summed E-state index contributed by atoms with van der Waals surface area (Å²) in [6.07, 6.45) is 1.34. The van der Waals surface area contributed by atoms with Gasteiger partial charge in [0.25, 0.3) is 16.1 Å². The van der Waals surface area contributed by atoms with Crippen molar-refractivity contribution in [2.75, 3.05) is 32.8 Å². The summed E-state index contributed by atoms with van der Waals surface area (Å²) in [5.41, 5.74) is 2.78. The van der Waals surface area contributed by atoms with Crippen molar-refractivity contribution >= 4 is 45.5 Å². The normalized spacial score (nSPS) is 16.4. The maximum atomic E-state index is 12.0. The van der Waals surface area contributed by atoms with E-state index < -0.39 is 22.7 Å². The number of nitrogens with one attached hydrogen (secondary N) is 2. The minimum Gasteiger partial charge on any atom is -0.379 e. The average Bonchev–Trinajstić information content (AvgIpc) is 2.56. The zero-order valence-electron chi connectivity index (χ0n) is 12.5. The molecule has 0 unspecified atom stereocenters. The van der Waals surface area contributed by atoms with Gasteiger partial charge in [-0.15, -0.1) is 0 Å². The highest BCUT2D eigenvalue weighted by molar-refractivity contribution is 7.87. The molecule has 1 aromatic carbocycles. The van der Waals surface area contributed by atoms with Gasteiger partial charge < -0.3 is 4.74 Å². The molecule has 1 aliphatic heterocycles. The van der Waals surface area contributed by atoms with Crippen LogP contribution in [0, 0.1) is 0 Å². The Balaban J connectivity index is 1.81. The van der Waals surface area contributed by atoms with Crippen LogP contribution in [0.2, 0.25) is 10.0 Å². The van der Waals surface area contributed by atoms with Crippen LogP contribution < -0.4 is 10.1 Å². The molecule has 0 spiro atoms. The number of carbonyl (C=O) groups is 1. The molecule has 0 aromatic heterocycles. The Labute approximate surface area is 149 Å². The van der Waals surface area contributed by atoms with E-state index in [1.165, 1.54) is 10.5 Å². The van der Waals surface area contributed by atoms with Gasteiger partial charge in [-0.1, -0.05) is 29.3 Å². The Kier molecular flexibility index (Phi) is 6.96. The number of halogens is 2. The molecule has 1 fully saturated rings. The van der Waals surface area contributed by atoms with Crippen LogP contribution in [-0.4, -0.2) is 57.7 Å². The van der Waals surface area contributed by atoms with E-state index in [1.807, 2.05) is 0 Å². The number of hydrogen-bond acceptors (Lipinski definition) is 5. The lowest BCUT2D eigenvalue weighted by atomic mass is 10.2. The summed E-state index contributed by atoms with van der Waals surface area (Å²) in [6, 6.07) is 4.82. The first-order chi connectivity index (χ1) is 11.4. The Hall–Kier alpha value is -1.23. The summed E-state index contributed by atoms with van der Waals surface area (Å²) < 4.78 is 32.5. The van der Waals surface area contributed by atoms with Crippen molar-refractivity contribution in [1.82, 2.24) is 14.5 Å². The number of nitrogens with zero attached hydrogens (tertiary/aromatic N) is 2. The van der Waals surface area contributed by atoms with Gasteiger partial charge >= 0.3 is 0 Å². The van der Waals surface area contributed by atoms with Crippen LogP contribution in [0.5, 0.6) is 0 Å². The van der Waals surface area contributed by atoms with Crippen molar-refractivity contribution < 1.29 is 17.9 Å². The minimum absolute atomic E-state index is 0.254. The number of ether oxygens (including phenoxy) is 1. The van der Waals surface area contributed by atoms with Gasteiger partial charge in [-0.3, -0.25) is 4.79 Å². The van der Waals surface area contributed by atoms with E-state index in [0.29, 0.717) is 28.8 Å². The van der Waals surface area contributed by atoms with Crippen LogP contribution in [-0.2, 0) is 19.7 Å². The van der Waals surface area contributed by atoms with Crippen molar-refractivity contribution in [2.45, 2.75) is 0 Å². The number of rotatable bonds is 6. The van der Waals surface area contributed by atoms with E-state index in [0.717, 1.165) is 0 Å². The zero-order valence-corrected chi connectivity index (χ0v) is 14.9. The van der Waals surface area contributed by atoms with Crippen LogP contribution in [0.1, 0.15) is 5.56 Å². The quantitative estimate of drug-likeness (QED) is 0.545. The average molecular weight is 395 g/mol. The van der Waals surface area contributed by atoms with Gasteiger partial charge in [-0.2, -0.15) is 22.5 Å². The second-order valence-corrected chi connectivity index (χ2v) is 7.40. The highest BCUT2D eigenvalue weighted by Gasteiger charge is 2.24. The van der Waals surface area contributed by atoms with Gasteiger partial charge in [0.2, 0.25) is 0 Å². The second-order valence-electron chi connectivity index (χ2n) is 4.80. The van der Waals surface area contributed by atoms with Crippen molar-refractivity contribution in [3.8, 4) is 0 Å². The maximum absolute atomic E-state index is 12.0. The molecule has 8 nitrogen and oxygen atoms in total. The molecule has 1 saturated heterocycles. The van der Waals surface area contributed by atoms with E-state index in [-0.39, 0.29) is 13.1 Å². The third kappa shape index (κ3) is 5.69. The SMILES string of the molecule is O=C(CNS(=O)(=O)N1CCOCC1)N/N=C\c1ccc(Cl)cc1Cl. The Bertz CT molecular complexity index is 721. The van der Waals surface area contributed by atoms with E-state index in [2.05, 4.69) is 15.2 Å². The van der Waals surface area contributed by atoms with Gasteiger partial charge in [0.1, 0.15) is 0 Å². The Morgan fingerprint density at radius 1 is 1.33 bits per heavy atom. The number of amides is 1. The molecule has 0 atom stereocenters. The Morgan fingerprint density at radius 2 is 2.04 bits per heavy atom. The number of morpholine rings is 1. The zero-order chi connectivity index (χ0) is 17.6. The summed E-state index contributed by atoms with van der Waals surface area (Å²) in [5.74, 6) is -0.604. The molecule has 1 heterocycles. The number of benzene rings is 1. The lowest BCUT2D eigenvalue weighted by Gasteiger charge is -2.25. The van der Waals surface area contributed by atoms with Gasteiger partial charge in [0.15, 0.2) is 0 Å². The lowest BCUT2D eigenvalue weighted by molar-refractivity contribution is -0.119. The fraction of sp³-hybridized carbons (Fsp3) is 0.385. The summed E-state index contributed by atoms with van der Waals surface area (Å²) in [4.78, 5) is 11.7. The smallest absolute Gasteiger partial charge is 0.280 e. The largest absolute Gasteiger partial charge is 0.379 e. The highest BCUT2D eigenvalue weighted by Crippen LogP contribution is 2.19. The van der Waals surface area contributed by atoms with Gasteiger partial charge in [0, 0.05) is 23.7 Å². The van der Waals surface area contributed by atoms with E-state index in [1.54, 1.807) is 18.2 Å². The van der Waals surface area contributed by atoms with Crippen molar-refractivity contribution in [3.05, 3.63) is 33.8 Å². The molecule has 1 aliphatic rings. The lowest BCUT2D eigenvalue weighted by Crippen LogP contribution is -2.48. The molecular formula is C13H16Cl2N4O4S. The number of hydrazone groups is 1. The molecule has 132 valence electrons. The first-order valence-corrected chi connectivity index (χ1v) is 9.17. The molecule has 2 rings (SSSR count). The molecule has 0 bridgehead atoms. The number of carbonyl (C=O) groups excluding carboxylic acids is 1. The molecule has 11 heteroatoms. The van der Waals surface area contributed by atoms with Crippen LogP contribution in [0.3, 0.4) is 0 Å². The fourth-order valence-corrected chi connectivity index (χ4v) is 3.44. The molecule has 24 heavy (non-hydrogen) atoms. The van der Waals surface area contributed by atoms with Crippen LogP contribution in [0.25, 0.3) is 0 Å². The number of hydrogen-bond donors (Lipinski definition) is 2. The summed E-state index contributed by atoms with van der Waals surface area (Å²) in [5, 5.41) is 4.59. The predicted octanol–water partition coefficient (Wildman–Crippen LogP) is 0.610. The summed E-state index contributed by atoms with van der Waals surface area (Å²) in [6.45, 7) is 0.748. The first kappa shape index (κ1) is 19.1. The third-order valence-corrected chi connectivity index (χ3v) is 5.20. The molecule has 0 saturated carbocycles. The summed E-state index contributed by atoms with van der Waals surface area (Å²) in [7, 11) is -3.71.